The van der Waals surface area contributed by atoms with Gasteiger partial charge in [0, 0.05) is 6.07 Å². The summed E-state index contributed by atoms with van der Waals surface area (Å²) in [5.41, 5.74) is 0.00716. The van der Waals surface area contributed by atoms with E-state index in [2.05, 4.69) is 0 Å². The minimum Gasteiger partial charge on any atom is -0.494 e. The Kier molecular flexibility index (Phi) is 6.39. The molecule has 0 saturated heterocycles. The second-order valence-corrected chi connectivity index (χ2v) is 6.11. The van der Waals surface area contributed by atoms with E-state index in [4.69, 9.17) is 23.4 Å². The molecule has 0 bridgehead atoms. The van der Waals surface area contributed by atoms with Gasteiger partial charge in [-0.2, -0.15) is 0 Å². The van der Waals surface area contributed by atoms with Gasteiger partial charge < -0.3 is 23.4 Å². The molecule has 0 aliphatic rings. The van der Waals surface area contributed by atoms with E-state index in [0.717, 1.165) is 5.75 Å². The number of ether oxygens (including phenoxy) is 4. The van der Waals surface area contributed by atoms with Crippen LogP contribution in [0.25, 0.3) is 11.0 Å². The summed E-state index contributed by atoms with van der Waals surface area (Å²) in [6.45, 7) is 6.06. The Morgan fingerprint density at radius 3 is 2.38 bits per heavy atom. The molecule has 0 saturated carbocycles. The van der Waals surface area contributed by atoms with Crippen molar-refractivity contribution in [3.8, 4) is 23.0 Å². The standard InChI is InChI=1S/C22H22O7/c1-4-25-15-6-8-16(9-7-15)29-20-13-27-19-12-17(10-11-18(19)21(20)23)28-14(3)22(24)26-5-2/h6-14H,4-5H2,1-3H3. The Hall–Kier alpha value is -3.48. The van der Waals surface area contributed by atoms with E-state index in [1.54, 1.807) is 56.3 Å². The van der Waals surface area contributed by atoms with Crippen LogP contribution in [0.1, 0.15) is 20.8 Å². The molecule has 7 heteroatoms. The Morgan fingerprint density at radius 2 is 1.69 bits per heavy atom. The van der Waals surface area contributed by atoms with Gasteiger partial charge >= 0.3 is 5.97 Å². The normalized spacial score (nSPS) is 11.7. The van der Waals surface area contributed by atoms with E-state index in [0.29, 0.717) is 29.1 Å². The molecule has 152 valence electrons. The number of carbonyl (C=O) groups is 1. The van der Waals surface area contributed by atoms with Crippen LogP contribution < -0.4 is 19.6 Å². The third kappa shape index (κ3) is 4.87. The summed E-state index contributed by atoms with van der Waals surface area (Å²) in [5, 5.41) is 0.338. The summed E-state index contributed by atoms with van der Waals surface area (Å²) in [6.07, 6.45) is 0.473. The average Bonchev–Trinajstić information content (AvgIpc) is 2.72. The topological polar surface area (TPSA) is 84.2 Å². The highest BCUT2D eigenvalue weighted by molar-refractivity contribution is 5.79. The van der Waals surface area contributed by atoms with E-state index < -0.39 is 12.1 Å². The molecule has 0 aliphatic heterocycles. The van der Waals surface area contributed by atoms with Gasteiger partial charge in [-0.25, -0.2) is 4.79 Å². The van der Waals surface area contributed by atoms with Crippen LogP contribution in [0.2, 0.25) is 0 Å². The quantitative estimate of drug-likeness (QED) is 0.523. The lowest BCUT2D eigenvalue weighted by Crippen LogP contribution is -2.26. The van der Waals surface area contributed by atoms with Crippen molar-refractivity contribution in [2.45, 2.75) is 26.9 Å². The minimum absolute atomic E-state index is 0.0650. The van der Waals surface area contributed by atoms with Crippen LogP contribution in [-0.2, 0) is 9.53 Å². The molecule has 1 atom stereocenters. The van der Waals surface area contributed by atoms with Crippen molar-refractivity contribution in [2.75, 3.05) is 13.2 Å². The molecule has 3 aromatic rings. The molecule has 1 unspecified atom stereocenters. The van der Waals surface area contributed by atoms with Crippen LogP contribution in [0.4, 0.5) is 0 Å². The summed E-state index contributed by atoms with van der Waals surface area (Å²) in [7, 11) is 0. The predicted molar refractivity (Wildman–Crippen MR) is 107 cm³/mol. The number of esters is 1. The Morgan fingerprint density at radius 1 is 1.00 bits per heavy atom. The average molecular weight is 398 g/mol. The largest absolute Gasteiger partial charge is 0.494 e. The zero-order valence-electron chi connectivity index (χ0n) is 16.5. The Balaban J connectivity index is 1.79. The second kappa shape index (κ2) is 9.14. The SMILES string of the molecule is CCOC(=O)C(C)Oc1ccc2c(=O)c(Oc3ccc(OCC)cc3)coc2c1. The number of hydrogen-bond donors (Lipinski definition) is 0. The van der Waals surface area contributed by atoms with Gasteiger partial charge in [-0.15, -0.1) is 0 Å². The predicted octanol–water partition coefficient (Wildman–Crippen LogP) is 4.31. The fraction of sp³-hybridized carbons (Fsp3) is 0.273. The van der Waals surface area contributed by atoms with Gasteiger partial charge in [0.2, 0.25) is 11.2 Å². The lowest BCUT2D eigenvalue weighted by atomic mass is 10.2. The molecule has 0 spiro atoms. The lowest BCUT2D eigenvalue weighted by molar-refractivity contribution is -0.150. The van der Waals surface area contributed by atoms with Crippen molar-refractivity contribution in [1.82, 2.24) is 0 Å². The van der Waals surface area contributed by atoms with Crippen LogP contribution in [0.5, 0.6) is 23.0 Å². The van der Waals surface area contributed by atoms with Gasteiger partial charge in [-0.3, -0.25) is 4.79 Å². The molecule has 1 heterocycles. The van der Waals surface area contributed by atoms with E-state index in [-0.39, 0.29) is 17.8 Å². The van der Waals surface area contributed by atoms with Crippen LogP contribution in [0.15, 0.2) is 57.9 Å². The maximum absolute atomic E-state index is 12.7. The van der Waals surface area contributed by atoms with Crippen LogP contribution >= 0.6 is 0 Å². The smallest absolute Gasteiger partial charge is 0.347 e. The number of benzene rings is 2. The molecular weight excluding hydrogens is 376 g/mol. The summed E-state index contributed by atoms with van der Waals surface area (Å²) in [4.78, 5) is 24.4. The fourth-order valence-corrected chi connectivity index (χ4v) is 2.64. The molecule has 0 radical (unpaired) electrons. The van der Waals surface area contributed by atoms with Crippen LogP contribution in [-0.4, -0.2) is 25.3 Å². The molecule has 0 N–H and O–H groups in total. The van der Waals surface area contributed by atoms with E-state index in [9.17, 15) is 9.59 Å². The molecule has 0 fully saturated rings. The molecule has 1 aromatic heterocycles. The summed E-state index contributed by atoms with van der Waals surface area (Å²) < 4.78 is 27.0. The van der Waals surface area contributed by atoms with Crippen molar-refractivity contribution in [3.05, 3.63) is 59.0 Å². The maximum atomic E-state index is 12.7. The molecule has 0 aliphatic carbocycles. The number of rotatable bonds is 8. The third-order valence-electron chi connectivity index (χ3n) is 4.01. The zero-order chi connectivity index (χ0) is 20.8. The van der Waals surface area contributed by atoms with E-state index in [1.807, 2.05) is 6.92 Å². The van der Waals surface area contributed by atoms with Crippen molar-refractivity contribution < 1.29 is 28.2 Å². The molecule has 0 amide bonds. The fourth-order valence-electron chi connectivity index (χ4n) is 2.64. The van der Waals surface area contributed by atoms with Crippen LogP contribution in [0, 0.1) is 0 Å². The lowest BCUT2D eigenvalue weighted by Gasteiger charge is -2.13. The summed E-state index contributed by atoms with van der Waals surface area (Å²) >= 11 is 0. The first kappa shape index (κ1) is 20.3. The highest BCUT2D eigenvalue weighted by atomic mass is 16.6. The molecular formula is C22H22O7. The van der Waals surface area contributed by atoms with Gasteiger partial charge in [0.1, 0.15) is 29.1 Å². The second-order valence-electron chi connectivity index (χ2n) is 6.11. The minimum atomic E-state index is -0.776. The van der Waals surface area contributed by atoms with Crippen LogP contribution in [0.3, 0.4) is 0 Å². The first-order valence-electron chi connectivity index (χ1n) is 9.31. The van der Waals surface area contributed by atoms with Crippen molar-refractivity contribution in [2.24, 2.45) is 0 Å². The molecule has 7 nitrogen and oxygen atoms in total. The Labute approximate surface area is 167 Å². The van der Waals surface area contributed by atoms with E-state index in [1.165, 1.54) is 6.26 Å². The first-order chi connectivity index (χ1) is 14.0. The summed E-state index contributed by atoms with van der Waals surface area (Å²) in [5.74, 6) is 1.20. The zero-order valence-corrected chi connectivity index (χ0v) is 16.5. The monoisotopic (exact) mass is 398 g/mol. The number of hydrogen-bond acceptors (Lipinski definition) is 7. The van der Waals surface area contributed by atoms with Crippen molar-refractivity contribution in [3.63, 3.8) is 0 Å². The highest BCUT2D eigenvalue weighted by Crippen LogP contribution is 2.25. The van der Waals surface area contributed by atoms with Gasteiger partial charge in [-0.1, -0.05) is 0 Å². The van der Waals surface area contributed by atoms with Crippen molar-refractivity contribution in [1.29, 1.82) is 0 Å². The molecule has 29 heavy (non-hydrogen) atoms. The molecule has 2 aromatic carbocycles. The molecule has 3 rings (SSSR count). The van der Waals surface area contributed by atoms with Gasteiger partial charge in [0.15, 0.2) is 6.10 Å². The van der Waals surface area contributed by atoms with Gasteiger partial charge in [-0.05, 0) is 57.2 Å². The first-order valence-corrected chi connectivity index (χ1v) is 9.31. The summed E-state index contributed by atoms with van der Waals surface area (Å²) in [6, 6.07) is 11.7. The van der Waals surface area contributed by atoms with Gasteiger partial charge in [0.25, 0.3) is 0 Å². The number of fused-ring (bicyclic) bond motifs is 1. The van der Waals surface area contributed by atoms with Gasteiger partial charge in [0.05, 0.1) is 18.6 Å². The van der Waals surface area contributed by atoms with Crippen molar-refractivity contribution >= 4 is 16.9 Å². The maximum Gasteiger partial charge on any atom is 0.347 e. The number of carbonyl (C=O) groups excluding carboxylic acids is 1. The highest BCUT2D eigenvalue weighted by Gasteiger charge is 2.17. The van der Waals surface area contributed by atoms with E-state index >= 15 is 0 Å². The Bertz CT molecular complexity index is 1040. The third-order valence-corrected chi connectivity index (χ3v) is 4.01.